The average Bonchev–Trinajstić information content (AvgIpc) is 3.37. The van der Waals surface area contributed by atoms with Crippen LogP contribution < -0.4 is 14.2 Å². The molecule has 0 unspecified atom stereocenters. The molecule has 2 atom stereocenters. The number of hydrazone groups is 1. The Morgan fingerprint density at radius 3 is 2.44 bits per heavy atom. The van der Waals surface area contributed by atoms with Gasteiger partial charge in [0, 0.05) is 22.6 Å². The number of ether oxygens (including phenoxy) is 3. The summed E-state index contributed by atoms with van der Waals surface area (Å²) in [6.45, 7) is 2.98. The molecule has 6 heteroatoms. The summed E-state index contributed by atoms with van der Waals surface area (Å²) >= 11 is 6.36. The van der Waals surface area contributed by atoms with Gasteiger partial charge < -0.3 is 14.2 Å². The van der Waals surface area contributed by atoms with Gasteiger partial charge in [-0.2, -0.15) is 5.10 Å². The summed E-state index contributed by atoms with van der Waals surface area (Å²) in [6.07, 6.45) is 6.58. The number of rotatable bonds is 10. The van der Waals surface area contributed by atoms with Crippen molar-refractivity contribution in [3.63, 3.8) is 0 Å². The molecule has 0 saturated carbocycles. The van der Waals surface area contributed by atoms with E-state index in [0.717, 1.165) is 59.1 Å². The van der Waals surface area contributed by atoms with Crippen molar-refractivity contribution in [3.8, 4) is 17.2 Å². The molecule has 188 valence electrons. The molecule has 2 aliphatic heterocycles. The van der Waals surface area contributed by atoms with E-state index in [4.69, 9.17) is 30.9 Å². The minimum atomic E-state index is -0.331. The molecular weight excluding hydrogens is 472 g/mol. The largest absolute Gasteiger partial charge is 0.497 e. The molecule has 0 spiro atoms. The maximum atomic E-state index is 6.48. The molecule has 0 amide bonds. The quantitative estimate of drug-likeness (QED) is 0.263. The molecule has 3 aromatic rings. The number of fused-ring (bicyclic) bond motifs is 3. The maximum absolute atomic E-state index is 6.48. The third kappa shape index (κ3) is 5.31. The van der Waals surface area contributed by atoms with Crippen LogP contribution in [0, 0.1) is 0 Å². The van der Waals surface area contributed by atoms with Crippen molar-refractivity contribution < 1.29 is 14.2 Å². The molecule has 2 heterocycles. The lowest BCUT2D eigenvalue weighted by molar-refractivity contribution is -0.0190. The van der Waals surface area contributed by atoms with Gasteiger partial charge in [0.15, 0.2) is 0 Å². The fraction of sp³-hybridized carbons (Fsp3) is 0.367. The number of methoxy groups -OCH3 is 1. The van der Waals surface area contributed by atoms with E-state index in [2.05, 4.69) is 36.2 Å². The topological polar surface area (TPSA) is 43.3 Å². The van der Waals surface area contributed by atoms with Gasteiger partial charge in [-0.3, -0.25) is 0 Å². The lowest BCUT2D eigenvalue weighted by atomic mass is 9.96. The van der Waals surface area contributed by atoms with Crippen molar-refractivity contribution in [3.05, 3.63) is 88.4 Å². The number of hydrogen-bond acceptors (Lipinski definition) is 5. The van der Waals surface area contributed by atoms with Gasteiger partial charge in [0.1, 0.15) is 17.2 Å². The van der Waals surface area contributed by atoms with Gasteiger partial charge >= 0.3 is 0 Å². The minimum absolute atomic E-state index is 0.0496. The number of hydrogen-bond donors (Lipinski definition) is 0. The maximum Gasteiger partial charge on any atom is 0.213 e. The van der Waals surface area contributed by atoms with Gasteiger partial charge in [0.2, 0.25) is 6.23 Å². The van der Waals surface area contributed by atoms with Gasteiger partial charge in [-0.05, 0) is 78.7 Å². The zero-order chi connectivity index (χ0) is 24.9. The van der Waals surface area contributed by atoms with Crippen molar-refractivity contribution >= 4 is 17.3 Å². The Hall–Kier alpha value is -3.18. The van der Waals surface area contributed by atoms with E-state index in [0.29, 0.717) is 5.02 Å². The van der Waals surface area contributed by atoms with Crippen LogP contribution in [0.4, 0.5) is 0 Å². The molecule has 3 aromatic carbocycles. The summed E-state index contributed by atoms with van der Waals surface area (Å²) in [6, 6.07) is 22.1. The highest BCUT2D eigenvalue weighted by molar-refractivity contribution is 6.30. The van der Waals surface area contributed by atoms with E-state index in [1.54, 1.807) is 7.11 Å². The van der Waals surface area contributed by atoms with Crippen molar-refractivity contribution in [2.24, 2.45) is 5.10 Å². The predicted molar refractivity (Wildman–Crippen MR) is 144 cm³/mol. The van der Waals surface area contributed by atoms with Crippen LogP contribution >= 0.6 is 11.6 Å². The van der Waals surface area contributed by atoms with E-state index in [1.807, 2.05) is 42.5 Å². The third-order valence-electron chi connectivity index (χ3n) is 6.86. The molecular formula is C30H33ClN2O3. The highest BCUT2D eigenvalue weighted by atomic mass is 35.5. The number of benzene rings is 3. The van der Waals surface area contributed by atoms with Crippen molar-refractivity contribution in [1.29, 1.82) is 0 Å². The molecule has 0 saturated heterocycles. The molecule has 5 nitrogen and oxygen atoms in total. The van der Waals surface area contributed by atoms with Crippen LogP contribution in [0.3, 0.4) is 0 Å². The van der Waals surface area contributed by atoms with E-state index in [1.165, 1.54) is 25.7 Å². The number of nitrogens with zero attached hydrogens (tertiary/aromatic N) is 2. The van der Waals surface area contributed by atoms with Crippen molar-refractivity contribution in [1.82, 2.24) is 5.01 Å². The SMILES string of the molecule is CCCCCCCOc1ccc([C@H]2Oc3ccc(Cl)cc3[C@@H]3CC(c4ccc(OC)cc4)=NN23)cc1. The van der Waals surface area contributed by atoms with Crippen molar-refractivity contribution in [2.75, 3.05) is 13.7 Å². The van der Waals surface area contributed by atoms with E-state index >= 15 is 0 Å². The molecule has 0 bridgehead atoms. The van der Waals surface area contributed by atoms with Gasteiger partial charge in [-0.15, -0.1) is 0 Å². The molecule has 0 fully saturated rings. The summed E-state index contributed by atoms with van der Waals surface area (Å²) in [4.78, 5) is 0. The first kappa shape index (κ1) is 24.5. The molecule has 5 rings (SSSR count). The van der Waals surface area contributed by atoms with Crippen LogP contribution in [0.25, 0.3) is 0 Å². The monoisotopic (exact) mass is 504 g/mol. The Bertz CT molecular complexity index is 1190. The van der Waals surface area contributed by atoms with Gasteiger partial charge in [-0.25, -0.2) is 5.01 Å². The van der Waals surface area contributed by atoms with Crippen LogP contribution in [-0.2, 0) is 0 Å². The van der Waals surface area contributed by atoms with Gasteiger partial charge in [-0.1, -0.05) is 44.2 Å². The van der Waals surface area contributed by atoms with Gasteiger partial charge in [0.25, 0.3) is 0 Å². The molecule has 0 radical (unpaired) electrons. The Balaban J connectivity index is 1.36. The highest BCUT2D eigenvalue weighted by Crippen LogP contribution is 2.48. The second-order valence-corrected chi connectivity index (χ2v) is 9.80. The molecule has 0 N–H and O–H groups in total. The average molecular weight is 505 g/mol. The van der Waals surface area contributed by atoms with Crippen LogP contribution in [-0.4, -0.2) is 24.4 Å². The first-order valence-corrected chi connectivity index (χ1v) is 13.2. The second kappa shape index (κ2) is 11.3. The molecule has 36 heavy (non-hydrogen) atoms. The molecule has 0 aromatic heterocycles. The smallest absolute Gasteiger partial charge is 0.213 e. The summed E-state index contributed by atoms with van der Waals surface area (Å²) < 4.78 is 17.8. The fourth-order valence-electron chi connectivity index (χ4n) is 4.86. The van der Waals surface area contributed by atoms with E-state index in [9.17, 15) is 0 Å². The molecule has 0 aliphatic carbocycles. The zero-order valence-electron chi connectivity index (χ0n) is 21.0. The van der Waals surface area contributed by atoms with Crippen molar-refractivity contribution in [2.45, 2.75) is 57.7 Å². The van der Waals surface area contributed by atoms with E-state index < -0.39 is 0 Å². The van der Waals surface area contributed by atoms with Crippen LogP contribution in [0.5, 0.6) is 17.2 Å². The normalized spacial score (nSPS) is 18.2. The minimum Gasteiger partial charge on any atom is -0.497 e. The van der Waals surface area contributed by atoms with Gasteiger partial charge in [0.05, 0.1) is 25.5 Å². The summed E-state index contributed by atoms with van der Waals surface area (Å²) in [5.41, 5.74) is 4.20. The van der Waals surface area contributed by atoms with Crippen LogP contribution in [0.2, 0.25) is 5.02 Å². The van der Waals surface area contributed by atoms with E-state index in [-0.39, 0.29) is 12.3 Å². The lowest BCUT2D eigenvalue weighted by Crippen LogP contribution is -2.33. The van der Waals surface area contributed by atoms with Crippen LogP contribution in [0.1, 0.15) is 74.4 Å². The van der Waals surface area contributed by atoms with Crippen LogP contribution in [0.15, 0.2) is 71.8 Å². The Morgan fingerprint density at radius 2 is 1.69 bits per heavy atom. The first-order valence-electron chi connectivity index (χ1n) is 12.9. The predicted octanol–water partition coefficient (Wildman–Crippen LogP) is 7.94. The second-order valence-electron chi connectivity index (χ2n) is 9.36. The number of unbranched alkanes of at least 4 members (excludes halogenated alkanes) is 4. The summed E-state index contributed by atoms with van der Waals surface area (Å²) in [7, 11) is 1.68. The summed E-state index contributed by atoms with van der Waals surface area (Å²) in [5, 5.41) is 7.81. The summed E-state index contributed by atoms with van der Waals surface area (Å²) in [5.74, 6) is 2.57. The lowest BCUT2D eigenvalue weighted by Gasteiger charge is -2.38. The molecule has 2 aliphatic rings. The third-order valence-corrected chi connectivity index (χ3v) is 7.09. The highest BCUT2D eigenvalue weighted by Gasteiger charge is 2.41. The first-order chi connectivity index (χ1) is 17.7. The Morgan fingerprint density at radius 1 is 0.944 bits per heavy atom. The Labute approximate surface area is 218 Å². The fourth-order valence-corrected chi connectivity index (χ4v) is 5.04. The number of halogens is 1. The zero-order valence-corrected chi connectivity index (χ0v) is 21.7. The Kier molecular flexibility index (Phi) is 7.66. The standard InChI is InChI=1S/C30H33ClN2O3/c1-3-4-5-6-7-18-35-25-15-10-22(11-16-25)30-33-28(26-19-23(31)12-17-29(26)36-30)20-27(32-33)21-8-13-24(34-2)14-9-21/h8-17,19,28,30H,3-7,18,20H2,1-2H3/t28-,30+/m0/s1.